The first-order valence-electron chi connectivity index (χ1n) is 7.79. The highest BCUT2D eigenvalue weighted by atomic mass is 19.1. The normalized spacial score (nSPS) is 11.8. The van der Waals surface area contributed by atoms with Crippen molar-refractivity contribution in [2.45, 2.75) is 6.04 Å². The van der Waals surface area contributed by atoms with E-state index >= 15 is 0 Å². The van der Waals surface area contributed by atoms with E-state index in [1.165, 1.54) is 19.2 Å². The summed E-state index contributed by atoms with van der Waals surface area (Å²) in [5.74, 6) is 0.507. The molecule has 2 aromatic carbocycles. The number of halogens is 1. The van der Waals surface area contributed by atoms with Crippen molar-refractivity contribution in [1.82, 2.24) is 9.97 Å². The molecule has 5 nitrogen and oxygen atoms in total. The van der Waals surface area contributed by atoms with Gasteiger partial charge in [-0.2, -0.15) is 0 Å². The highest BCUT2D eigenvalue weighted by molar-refractivity contribution is 5.67. The van der Waals surface area contributed by atoms with Gasteiger partial charge in [-0.05, 0) is 17.7 Å². The van der Waals surface area contributed by atoms with Crippen LogP contribution >= 0.6 is 0 Å². The summed E-state index contributed by atoms with van der Waals surface area (Å²) in [4.78, 5) is 8.69. The lowest BCUT2D eigenvalue weighted by atomic mass is 10.1. The van der Waals surface area contributed by atoms with Crippen LogP contribution in [0.4, 0.5) is 10.2 Å². The van der Waals surface area contributed by atoms with Crippen LogP contribution in [0.25, 0.3) is 11.3 Å². The van der Waals surface area contributed by atoms with Gasteiger partial charge in [0.05, 0.1) is 37.8 Å². The number of anilines is 1. The van der Waals surface area contributed by atoms with Gasteiger partial charge in [0, 0.05) is 11.6 Å². The maximum Gasteiger partial charge on any atom is 0.145 e. The average molecular weight is 339 g/mol. The van der Waals surface area contributed by atoms with Gasteiger partial charge >= 0.3 is 0 Å². The van der Waals surface area contributed by atoms with Gasteiger partial charge in [0.1, 0.15) is 17.4 Å². The Hall–Kier alpha value is -2.99. The number of hydrogen-bond acceptors (Lipinski definition) is 5. The molecule has 1 aromatic heterocycles. The van der Waals surface area contributed by atoms with E-state index in [1.54, 1.807) is 18.5 Å². The fourth-order valence-electron chi connectivity index (χ4n) is 2.54. The highest BCUT2D eigenvalue weighted by Crippen LogP contribution is 2.29. The van der Waals surface area contributed by atoms with Crippen molar-refractivity contribution in [2.75, 3.05) is 19.0 Å². The minimum absolute atomic E-state index is 0.0875. The first-order chi connectivity index (χ1) is 12.2. The van der Waals surface area contributed by atoms with Gasteiger partial charge in [-0.15, -0.1) is 0 Å². The molecule has 2 N–H and O–H groups in total. The lowest BCUT2D eigenvalue weighted by Crippen LogP contribution is -2.15. The predicted octanol–water partition coefficient (Wildman–Crippen LogP) is 3.44. The molecule has 0 fully saturated rings. The molecule has 3 rings (SSSR count). The zero-order valence-corrected chi connectivity index (χ0v) is 13.7. The van der Waals surface area contributed by atoms with E-state index in [2.05, 4.69) is 15.3 Å². The minimum Gasteiger partial charge on any atom is -0.496 e. The number of nitrogens with zero attached hydrogens (tertiary/aromatic N) is 2. The fraction of sp³-hybridized carbons (Fsp3) is 0.158. The Morgan fingerprint density at radius 3 is 2.68 bits per heavy atom. The quantitative estimate of drug-likeness (QED) is 0.720. The molecule has 0 aliphatic carbocycles. The molecule has 1 unspecified atom stereocenters. The zero-order chi connectivity index (χ0) is 17.6. The molecule has 3 aromatic rings. The van der Waals surface area contributed by atoms with E-state index in [0.717, 1.165) is 5.56 Å². The Morgan fingerprint density at radius 2 is 1.96 bits per heavy atom. The first kappa shape index (κ1) is 16.9. The standard InChI is InChI=1S/C19H18FN3O2/c1-25-18-9-14(20)7-8-15(18)16-10-21-11-19(22-16)23-17(12-24)13-5-3-2-4-6-13/h2-11,17,24H,12H2,1H3,(H,22,23). The van der Waals surface area contributed by atoms with Crippen molar-refractivity contribution in [2.24, 2.45) is 0 Å². The third-order valence-corrected chi connectivity index (χ3v) is 3.78. The fourth-order valence-corrected chi connectivity index (χ4v) is 2.54. The van der Waals surface area contributed by atoms with Crippen molar-refractivity contribution < 1.29 is 14.2 Å². The molecule has 1 atom stereocenters. The molecule has 0 saturated carbocycles. The lowest BCUT2D eigenvalue weighted by Gasteiger charge is -2.17. The second kappa shape index (κ2) is 7.72. The summed E-state index contributed by atoms with van der Waals surface area (Å²) in [7, 11) is 1.48. The monoisotopic (exact) mass is 339 g/mol. The van der Waals surface area contributed by atoms with Crippen LogP contribution in [0.2, 0.25) is 0 Å². The first-order valence-corrected chi connectivity index (χ1v) is 7.79. The van der Waals surface area contributed by atoms with E-state index in [0.29, 0.717) is 22.8 Å². The topological polar surface area (TPSA) is 67.3 Å². The van der Waals surface area contributed by atoms with Crippen LogP contribution in [-0.4, -0.2) is 28.8 Å². The Balaban J connectivity index is 1.89. The number of benzene rings is 2. The van der Waals surface area contributed by atoms with Crippen LogP contribution < -0.4 is 10.1 Å². The van der Waals surface area contributed by atoms with Crippen molar-refractivity contribution in [3.63, 3.8) is 0 Å². The maximum atomic E-state index is 13.4. The minimum atomic E-state index is -0.382. The molecule has 0 spiro atoms. The summed E-state index contributed by atoms with van der Waals surface area (Å²) < 4.78 is 18.6. The van der Waals surface area contributed by atoms with Gasteiger partial charge in [-0.1, -0.05) is 30.3 Å². The van der Waals surface area contributed by atoms with E-state index in [4.69, 9.17) is 4.74 Å². The Kier molecular flexibility index (Phi) is 5.20. The predicted molar refractivity (Wildman–Crippen MR) is 93.9 cm³/mol. The number of ether oxygens (including phenoxy) is 1. The number of aliphatic hydroxyl groups is 1. The van der Waals surface area contributed by atoms with E-state index < -0.39 is 0 Å². The van der Waals surface area contributed by atoms with Crippen LogP contribution in [0.15, 0.2) is 60.9 Å². The summed E-state index contributed by atoms with van der Waals surface area (Å²) in [5, 5.41) is 12.8. The van der Waals surface area contributed by atoms with Crippen LogP contribution in [0.3, 0.4) is 0 Å². The summed E-state index contributed by atoms with van der Waals surface area (Å²) in [6, 6.07) is 13.5. The number of aromatic nitrogens is 2. The van der Waals surface area contributed by atoms with E-state index in [1.807, 2.05) is 30.3 Å². The van der Waals surface area contributed by atoms with Crippen LogP contribution in [0, 0.1) is 5.82 Å². The summed E-state index contributed by atoms with van der Waals surface area (Å²) >= 11 is 0. The molecule has 0 radical (unpaired) electrons. The third kappa shape index (κ3) is 3.92. The molecule has 1 heterocycles. The maximum absolute atomic E-state index is 13.4. The zero-order valence-electron chi connectivity index (χ0n) is 13.7. The van der Waals surface area contributed by atoms with Gasteiger partial charge in [-0.3, -0.25) is 4.98 Å². The molecule has 0 saturated heterocycles. The van der Waals surface area contributed by atoms with E-state index in [9.17, 15) is 9.50 Å². The third-order valence-electron chi connectivity index (χ3n) is 3.78. The van der Waals surface area contributed by atoms with Gasteiger partial charge in [0.15, 0.2) is 0 Å². The van der Waals surface area contributed by atoms with Gasteiger partial charge in [0.25, 0.3) is 0 Å². The molecule has 0 aliphatic heterocycles. The number of nitrogens with one attached hydrogen (secondary N) is 1. The smallest absolute Gasteiger partial charge is 0.145 e. The second-order valence-corrected chi connectivity index (χ2v) is 5.42. The van der Waals surface area contributed by atoms with Crippen molar-refractivity contribution in [3.05, 3.63) is 72.3 Å². The second-order valence-electron chi connectivity index (χ2n) is 5.42. The molecule has 25 heavy (non-hydrogen) atoms. The Labute approximate surface area is 145 Å². The van der Waals surface area contributed by atoms with E-state index in [-0.39, 0.29) is 18.5 Å². The van der Waals surface area contributed by atoms with Crippen molar-refractivity contribution >= 4 is 5.82 Å². The van der Waals surface area contributed by atoms with Crippen molar-refractivity contribution in [3.8, 4) is 17.0 Å². The molecular formula is C19H18FN3O2. The SMILES string of the molecule is COc1cc(F)ccc1-c1cncc(NC(CO)c2ccccc2)n1. The van der Waals surface area contributed by atoms with Crippen LogP contribution in [0.1, 0.15) is 11.6 Å². The highest BCUT2D eigenvalue weighted by Gasteiger charge is 2.13. The number of aliphatic hydroxyl groups excluding tert-OH is 1. The largest absolute Gasteiger partial charge is 0.496 e. The molecule has 128 valence electrons. The number of rotatable bonds is 6. The van der Waals surface area contributed by atoms with Gasteiger partial charge < -0.3 is 15.2 Å². The van der Waals surface area contributed by atoms with Gasteiger partial charge in [-0.25, -0.2) is 9.37 Å². The summed E-state index contributed by atoms with van der Waals surface area (Å²) in [6.45, 7) is -0.0875. The van der Waals surface area contributed by atoms with Crippen LogP contribution in [-0.2, 0) is 0 Å². The van der Waals surface area contributed by atoms with Crippen molar-refractivity contribution in [1.29, 1.82) is 0 Å². The molecule has 0 aliphatic rings. The molecule has 0 amide bonds. The molecule has 0 bridgehead atoms. The lowest BCUT2D eigenvalue weighted by molar-refractivity contribution is 0.276. The number of methoxy groups -OCH3 is 1. The van der Waals surface area contributed by atoms with Gasteiger partial charge in [0.2, 0.25) is 0 Å². The number of hydrogen-bond donors (Lipinski definition) is 2. The Bertz CT molecular complexity index is 843. The Morgan fingerprint density at radius 1 is 1.16 bits per heavy atom. The summed E-state index contributed by atoms with van der Waals surface area (Å²) in [5.41, 5.74) is 2.13. The molecular weight excluding hydrogens is 321 g/mol. The average Bonchev–Trinajstić information content (AvgIpc) is 2.67. The van der Waals surface area contributed by atoms with Crippen LogP contribution in [0.5, 0.6) is 5.75 Å². The summed E-state index contributed by atoms with van der Waals surface area (Å²) in [6.07, 6.45) is 3.16. The molecule has 6 heteroatoms.